The first kappa shape index (κ1) is 20.9. The highest BCUT2D eigenvalue weighted by molar-refractivity contribution is 5.77. The van der Waals surface area contributed by atoms with E-state index >= 15 is 0 Å². The normalized spacial score (nSPS) is 14.5. The van der Waals surface area contributed by atoms with Crippen LogP contribution in [0.4, 0.5) is 0 Å². The van der Waals surface area contributed by atoms with Gasteiger partial charge in [0.05, 0.1) is 18.9 Å². The van der Waals surface area contributed by atoms with E-state index in [9.17, 15) is 9.59 Å². The molecule has 0 aliphatic rings. The lowest BCUT2D eigenvalue weighted by Gasteiger charge is -2.23. The van der Waals surface area contributed by atoms with Gasteiger partial charge in [0, 0.05) is 0 Å². The van der Waals surface area contributed by atoms with Gasteiger partial charge in [0.2, 0.25) is 0 Å². The summed E-state index contributed by atoms with van der Waals surface area (Å²) in [6.07, 6.45) is 2.62. The molecule has 0 aliphatic heterocycles. The van der Waals surface area contributed by atoms with Gasteiger partial charge in [-0.1, -0.05) is 48.0 Å². The molecule has 22 heavy (non-hydrogen) atoms. The van der Waals surface area contributed by atoms with Crippen molar-refractivity contribution in [3.05, 3.63) is 0 Å². The number of hydrogen-bond donors (Lipinski definition) is 0. The van der Waals surface area contributed by atoms with Crippen LogP contribution in [0, 0.1) is 11.3 Å². The molecule has 4 nitrogen and oxygen atoms in total. The van der Waals surface area contributed by atoms with Gasteiger partial charge >= 0.3 is 11.9 Å². The maximum atomic E-state index is 11.8. The van der Waals surface area contributed by atoms with Crippen molar-refractivity contribution < 1.29 is 19.1 Å². The van der Waals surface area contributed by atoms with E-state index in [4.69, 9.17) is 9.47 Å². The number of hydrogen-bond acceptors (Lipinski definition) is 4. The van der Waals surface area contributed by atoms with Gasteiger partial charge in [-0.25, -0.2) is 0 Å². The molecule has 2 atom stereocenters. The first-order valence-electron chi connectivity index (χ1n) is 8.44. The fraction of sp³-hybridized carbons (Fsp3) is 0.889. The molecule has 0 aromatic rings. The third-order valence-electron chi connectivity index (χ3n) is 3.37. The smallest absolute Gasteiger partial charge is 0.306 e. The zero-order valence-corrected chi connectivity index (χ0v) is 15.4. The first-order chi connectivity index (χ1) is 10.0. The summed E-state index contributed by atoms with van der Waals surface area (Å²) >= 11 is 0. The van der Waals surface area contributed by atoms with Gasteiger partial charge in [-0.2, -0.15) is 0 Å². The molecule has 0 rings (SSSR count). The van der Waals surface area contributed by atoms with Gasteiger partial charge in [0.25, 0.3) is 0 Å². The van der Waals surface area contributed by atoms with Crippen molar-refractivity contribution in [1.82, 2.24) is 0 Å². The topological polar surface area (TPSA) is 52.6 Å². The van der Waals surface area contributed by atoms with E-state index in [-0.39, 0.29) is 42.4 Å². The van der Waals surface area contributed by atoms with Gasteiger partial charge in [-0.05, 0) is 31.1 Å². The summed E-state index contributed by atoms with van der Waals surface area (Å²) in [5.74, 6) is -0.347. The molecule has 0 amide bonds. The van der Waals surface area contributed by atoms with Gasteiger partial charge in [-0.3, -0.25) is 9.59 Å². The molecule has 0 N–H and O–H groups in total. The zero-order valence-electron chi connectivity index (χ0n) is 15.4. The predicted molar refractivity (Wildman–Crippen MR) is 88.5 cm³/mol. The Balaban J connectivity index is 4.11. The predicted octanol–water partition coefficient (Wildman–Crippen LogP) is 4.50. The van der Waals surface area contributed by atoms with Crippen LogP contribution in [-0.4, -0.2) is 24.1 Å². The van der Waals surface area contributed by atoms with E-state index in [1.807, 2.05) is 20.8 Å². The van der Waals surface area contributed by atoms with Crippen molar-refractivity contribution >= 4 is 11.9 Å². The number of rotatable bonds is 9. The average molecular weight is 314 g/mol. The molecule has 0 fully saturated rings. The Morgan fingerprint density at radius 2 is 1.45 bits per heavy atom. The van der Waals surface area contributed by atoms with Crippen LogP contribution in [-0.2, 0) is 19.1 Å². The summed E-state index contributed by atoms with van der Waals surface area (Å²) < 4.78 is 10.8. The van der Waals surface area contributed by atoms with Crippen molar-refractivity contribution in [3.8, 4) is 0 Å². The fourth-order valence-corrected chi connectivity index (χ4v) is 2.43. The summed E-state index contributed by atoms with van der Waals surface area (Å²) in [7, 11) is 0. The molecule has 0 heterocycles. The monoisotopic (exact) mass is 314 g/mol. The molecule has 0 saturated carbocycles. The molecule has 0 aromatic heterocycles. The lowest BCUT2D eigenvalue weighted by atomic mass is 9.90. The van der Waals surface area contributed by atoms with Gasteiger partial charge in [-0.15, -0.1) is 0 Å². The Bertz CT molecular complexity index is 341. The third-order valence-corrected chi connectivity index (χ3v) is 3.37. The largest absolute Gasteiger partial charge is 0.463 e. The van der Waals surface area contributed by atoms with Crippen molar-refractivity contribution in [2.75, 3.05) is 0 Å². The van der Waals surface area contributed by atoms with Crippen molar-refractivity contribution in [2.24, 2.45) is 11.3 Å². The Morgan fingerprint density at radius 1 is 0.955 bits per heavy atom. The number of carbonyl (C=O) groups excluding carboxylic acids is 2. The maximum Gasteiger partial charge on any atom is 0.306 e. The van der Waals surface area contributed by atoms with Crippen LogP contribution in [0.1, 0.15) is 80.6 Å². The summed E-state index contributed by atoms with van der Waals surface area (Å²) in [6.45, 7) is 14.3. The molecular weight excluding hydrogens is 280 g/mol. The van der Waals surface area contributed by atoms with Crippen LogP contribution in [0.15, 0.2) is 0 Å². The van der Waals surface area contributed by atoms with Crippen LogP contribution in [0.25, 0.3) is 0 Å². The molecule has 0 radical (unpaired) electrons. The van der Waals surface area contributed by atoms with E-state index in [1.54, 1.807) is 0 Å². The average Bonchev–Trinajstić information content (AvgIpc) is 2.33. The molecule has 0 aromatic carbocycles. The highest BCUT2D eigenvalue weighted by Gasteiger charge is 2.21. The number of esters is 2. The quantitative estimate of drug-likeness (QED) is 0.588. The van der Waals surface area contributed by atoms with Crippen molar-refractivity contribution in [3.63, 3.8) is 0 Å². The zero-order chi connectivity index (χ0) is 17.3. The molecule has 0 saturated heterocycles. The summed E-state index contributed by atoms with van der Waals surface area (Å²) in [5, 5.41) is 0. The fourth-order valence-electron chi connectivity index (χ4n) is 2.43. The highest BCUT2D eigenvalue weighted by atomic mass is 16.5. The molecule has 0 spiro atoms. The number of carbonyl (C=O) groups is 2. The van der Waals surface area contributed by atoms with E-state index in [0.717, 1.165) is 19.3 Å². The van der Waals surface area contributed by atoms with Crippen LogP contribution in [0.5, 0.6) is 0 Å². The van der Waals surface area contributed by atoms with Gasteiger partial charge < -0.3 is 9.47 Å². The Hall–Kier alpha value is -1.06. The van der Waals surface area contributed by atoms with Crippen molar-refractivity contribution in [1.29, 1.82) is 0 Å². The molecule has 130 valence electrons. The summed E-state index contributed by atoms with van der Waals surface area (Å²) in [4.78, 5) is 23.6. The van der Waals surface area contributed by atoms with Crippen molar-refractivity contribution in [2.45, 2.75) is 92.8 Å². The minimum Gasteiger partial charge on any atom is -0.463 e. The minimum atomic E-state index is -0.328. The minimum absolute atomic E-state index is 0.0617. The van der Waals surface area contributed by atoms with Gasteiger partial charge in [0.15, 0.2) is 0 Å². The number of ether oxygens (including phenoxy) is 2. The van der Waals surface area contributed by atoms with Crippen LogP contribution in [0.3, 0.4) is 0 Å². The Labute approximate surface area is 135 Å². The molecule has 4 heteroatoms. The summed E-state index contributed by atoms with van der Waals surface area (Å²) in [5.41, 5.74) is 0.114. The maximum absolute atomic E-state index is 11.8. The lowest BCUT2D eigenvalue weighted by molar-refractivity contribution is -0.157. The van der Waals surface area contributed by atoms with E-state index in [2.05, 4.69) is 27.7 Å². The molecule has 0 bridgehead atoms. The second-order valence-corrected chi connectivity index (χ2v) is 7.63. The second-order valence-electron chi connectivity index (χ2n) is 7.63. The second kappa shape index (κ2) is 9.86. The lowest BCUT2D eigenvalue weighted by Crippen LogP contribution is -2.25. The van der Waals surface area contributed by atoms with E-state index in [1.165, 1.54) is 0 Å². The third kappa shape index (κ3) is 10.6. The standard InChI is InChI=1S/C18H34O4/c1-8-9-15(13(2)3)22-17(20)11-10-16(19)21-14(4)12-18(5,6)7/h13-15H,8-12H2,1-7H3. The van der Waals surface area contributed by atoms with Crippen LogP contribution < -0.4 is 0 Å². The van der Waals surface area contributed by atoms with Crippen LogP contribution >= 0.6 is 0 Å². The van der Waals surface area contributed by atoms with E-state index < -0.39 is 0 Å². The summed E-state index contributed by atoms with van der Waals surface area (Å²) in [6, 6.07) is 0. The van der Waals surface area contributed by atoms with Crippen LogP contribution in [0.2, 0.25) is 0 Å². The first-order valence-corrected chi connectivity index (χ1v) is 8.44. The molecular formula is C18H34O4. The Morgan fingerprint density at radius 3 is 1.86 bits per heavy atom. The highest BCUT2D eigenvalue weighted by Crippen LogP contribution is 2.22. The molecule has 2 unspecified atom stereocenters. The SMILES string of the molecule is CCCC(OC(=O)CCC(=O)OC(C)CC(C)(C)C)C(C)C. The van der Waals surface area contributed by atoms with E-state index in [0.29, 0.717) is 5.92 Å². The van der Waals surface area contributed by atoms with Gasteiger partial charge in [0.1, 0.15) is 6.10 Å². The molecule has 0 aliphatic carbocycles. The Kier molecular flexibility index (Phi) is 9.38.